The highest BCUT2D eigenvalue weighted by molar-refractivity contribution is 6.30. The number of likely N-dealkylation sites (tertiary alicyclic amines) is 1. The van der Waals surface area contributed by atoms with E-state index in [0.29, 0.717) is 32.8 Å². The zero-order chi connectivity index (χ0) is 18.4. The van der Waals surface area contributed by atoms with Crippen LogP contribution in [0.3, 0.4) is 0 Å². The van der Waals surface area contributed by atoms with Gasteiger partial charge in [0.25, 0.3) is 0 Å². The largest absolute Gasteiger partial charge is 0.381 e. The smallest absolute Gasteiger partial charge is 0.225 e. The Hall–Kier alpha value is -1.59. The average Bonchev–Trinajstić information content (AvgIpc) is 2.68. The van der Waals surface area contributed by atoms with E-state index in [1.54, 1.807) is 0 Å². The number of hydrogen-bond acceptors (Lipinski definition) is 3. The van der Waals surface area contributed by atoms with E-state index in [2.05, 4.69) is 5.32 Å². The van der Waals surface area contributed by atoms with Crippen LogP contribution in [0.25, 0.3) is 0 Å². The van der Waals surface area contributed by atoms with Gasteiger partial charge in [-0.1, -0.05) is 23.7 Å². The molecule has 0 aromatic heterocycles. The van der Waals surface area contributed by atoms with Gasteiger partial charge in [-0.3, -0.25) is 9.59 Å². The first kappa shape index (κ1) is 19.2. The Kier molecular flexibility index (Phi) is 6.92. The fraction of sp³-hybridized carbons (Fsp3) is 0.600. The number of halogens is 1. The first-order valence-electron chi connectivity index (χ1n) is 9.52. The molecule has 2 heterocycles. The summed E-state index contributed by atoms with van der Waals surface area (Å²) >= 11 is 5.98. The average molecular weight is 379 g/mol. The molecule has 142 valence electrons. The summed E-state index contributed by atoms with van der Waals surface area (Å²) < 4.78 is 5.33. The molecule has 26 heavy (non-hydrogen) atoms. The van der Waals surface area contributed by atoms with Gasteiger partial charge in [0.1, 0.15) is 0 Å². The fourth-order valence-corrected chi connectivity index (χ4v) is 3.94. The van der Waals surface area contributed by atoms with Gasteiger partial charge in [0.2, 0.25) is 11.8 Å². The first-order chi connectivity index (χ1) is 12.6. The van der Waals surface area contributed by atoms with Gasteiger partial charge in [-0.15, -0.1) is 0 Å². The standard InChI is InChI=1S/C20H27ClN2O3/c21-18-3-1-2-15(14-18)4-9-22-19(24)16-5-10-23(11-6-16)20(25)17-7-12-26-13-8-17/h1-3,14,16-17H,4-13H2,(H,22,24). The van der Waals surface area contributed by atoms with E-state index in [9.17, 15) is 9.59 Å². The molecule has 2 amide bonds. The van der Waals surface area contributed by atoms with Crippen LogP contribution in [0.2, 0.25) is 5.02 Å². The van der Waals surface area contributed by atoms with Crippen LogP contribution < -0.4 is 5.32 Å². The molecular weight excluding hydrogens is 352 g/mol. The van der Waals surface area contributed by atoms with Crippen LogP contribution in [0.1, 0.15) is 31.2 Å². The number of nitrogens with one attached hydrogen (secondary N) is 1. The fourth-order valence-electron chi connectivity index (χ4n) is 3.73. The number of benzene rings is 1. The lowest BCUT2D eigenvalue weighted by atomic mass is 9.93. The van der Waals surface area contributed by atoms with Crippen molar-refractivity contribution in [1.29, 1.82) is 0 Å². The van der Waals surface area contributed by atoms with Crippen LogP contribution in [0.15, 0.2) is 24.3 Å². The highest BCUT2D eigenvalue weighted by atomic mass is 35.5. The summed E-state index contributed by atoms with van der Waals surface area (Å²) in [5, 5.41) is 3.74. The lowest BCUT2D eigenvalue weighted by Crippen LogP contribution is -2.46. The van der Waals surface area contributed by atoms with Gasteiger partial charge in [-0.25, -0.2) is 0 Å². The summed E-state index contributed by atoms with van der Waals surface area (Å²) in [5.41, 5.74) is 1.12. The highest BCUT2D eigenvalue weighted by Gasteiger charge is 2.31. The summed E-state index contributed by atoms with van der Waals surface area (Å²) in [4.78, 5) is 26.9. The number of carbonyl (C=O) groups excluding carboxylic acids is 2. The maximum absolute atomic E-state index is 12.5. The maximum atomic E-state index is 12.5. The van der Waals surface area contributed by atoms with E-state index in [4.69, 9.17) is 16.3 Å². The SMILES string of the molecule is O=C(NCCc1cccc(Cl)c1)C1CCN(C(=O)C2CCOCC2)CC1. The molecule has 0 bridgehead atoms. The molecule has 0 saturated carbocycles. The quantitative estimate of drug-likeness (QED) is 0.856. The summed E-state index contributed by atoms with van der Waals surface area (Å²) in [6.45, 7) is 3.34. The van der Waals surface area contributed by atoms with E-state index in [0.717, 1.165) is 42.7 Å². The molecule has 1 aromatic carbocycles. The number of amides is 2. The number of nitrogens with zero attached hydrogens (tertiary/aromatic N) is 1. The molecule has 6 heteroatoms. The second-order valence-corrected chi connectivity index (χ2v) is 7.59. The molecular formula is C20H27ClN2O3. The van der Waals surface area contributed by atoms with Crippen LogP contribution >= 0.6 is 11.6 Å². The monoisotopic (exact) mass is 378 g/mol. The molecule has 2 aliphatic heterocycles. The van der Waals surface area contributed by atoms with E-state index >= 15 is 0 Å². The lowest BCUT2D eigenvalue weighted by molar-refractivity contribution is -0.141. The Bertz CT molecular complexity index is 623. The van der Waals surface area contributed by atoms with Crippen molar-refractivity contribution in [2.45, 2.75) is 32.1 Å². The van der Waals surface area contributed by atoms with Gasteiger partial charge in [0.15, 0.2) is 0 Å². The van der Waals surface area contributed by atoms with Crippen molar-refractivity contribution in [3.05, 3.63) is 34.9 Å². The molecule has 5 nitrogen and oxygen atoms in total. The topological polar surface area (TPSA) is 58.6 Å². The molecule has 2 saturated heterocycles. The molecule has 0 unspecified atom stereocenters. The molecule has 0 radical (unpaired) electrons. The van der Waals surface area contributed by atoms with E-state index in [1.807, 2.05) is 29.2 Å². The Labute approximate surface area is 160 Å². The van der Waals surface area contributed by atoms with Gasteiger partial charge >= 0.3 is 0 Å². The minimum atomic E-state index is 0.00750. The normalized spacial score (nSPS) is 19.3. The minimum Gasteiger partial charge on any atom is -0.381 e. The Balaban J connectivity index is 1.38. The molecule has 1 N–H and O–H groups in total. The minimum absolute atomic E-state index is 0.00750. The number of ether oxygens (including phenoxy) is 1. The number of rotatable bonds is 5. The number of carbonyl (C=O) groups is 2. The summed E-state index contributed by atoms with van der Waals surface area (Å²) in [6.07, 6.45) is 3.91. The zero-order valence-electron chi connectivity index (χ0n) is 15.1. The molecule has 2 fully saturated rings. The Morgan fingerprint density at radius 2 is 1.85 bits per heavy atom. The second kappa shape index (κ2) is 9.38. The van der Waals surface area contributed by atoms with Crippen LogP contribution in [0, 0.1) is 11.8 Å². The van der Waals surface area contributed by atoms with E-state index in [-0.39, 0.29) is 23.7 Å². The second-order valence-electron chi connectivity index (χ2n) is 7.16. The van der Waals surface area contributed by atoms with Crippen molar-refractivity contribution in [3.63, 3.8) is 0 Å². The molecule has 1 aromatic rings. The predicted molar refractivity (Wildman–Crippen MR) is 101 cm³/mol. The third kappa shape index (κ3) is 5.21. The molecule has 0 aliphatic carbocycles. The van der Waals surface area contributed by atoms with Crippen LogP contribution in [0.4, 0.5) is 0 Å². The van der Waals surface area contributed by atoms with Crippen LogP contribution in [0.5, 0.6) is 0 Å². The molecule has 0 spiro atoms. The van der Waals surface area contributed by atoms with Crippen molar-refractivity contribution in [2.75, 3.05) is 32.8 Å². The summed E-state index contributed by atoms with van der Waals surface area (Å²) in [6, 6.07) is 7.70. The third-order valence-corrected chi connectivity index (χ3v) is 5.58. The first-order valence-corrected chi connectivity index (χ1v) is 9.90. The van der Waals surface area contributed by atoms with Crippen molar-refractivity contribution in [2.24, 2.45) is 11.8 Å². The van der Waals surface area contributed by atoms with Crippen LogP contribution in [-0.2, 0) is 20.7 Å². The zero-order valence-corrected chi connectivity index (χ0v) is 15.8. The van der Waals surface area contributed by atoms with Gasteiger partial charge < -0.3 is 15.0 Å². The van der Waals surface area contributed by atoms with Crippen molar-refractivity contribution in [3.8, 4) is 0 Å². The molecule has 0 atom stereocenters. The Morgan fingerprint density at radius 1 is 1.12 bits per heavy atom. The van der Waals surface area contributed by atoms with Gasteiger partial charge in [-0.2, -0.15) is 0 Å². The van der Waals surface area contributed by atoms with Gasteiger partial charge in [0, 0.05) is 49.7 Å². The predicted octanol–water partition coefficient (Wildman–Crippen LogP) is 2.66. The van der Waals surface area contributed by atoms with Gasteiger partial charge in [0.05, 0.1) is 0 Å². The van der Waals surface area contributed by atoms with Crippen LogP contribution in [-0.4, -0.2) is 49.6 Å². The Morgan fingerprint density at radius 3 is 2.54 bits per heavy atom. The van der Waals surface area contributed by atoms with Crippen molar-refractivity contribution < 1.29 is 14.3 Å². The molecule has 2 aliphatic rings. The number of piperidine rings is 1. The maximum Gasteiger partial charge on any atom is 0.225 e. The molecule has 3 rings (SSSR count). The van der Waals surface area contributed by atoms with Crippen molar-refractivity contribution >= 4 is 23.4 Å². The summed E-state index contributed by atoms with van der Waals surface area (Å²) in [7, 11) is 0. The van der Waals surface area contributed by atoms with E-state index < -0.39 is 0 Å². The number of hydrogen-bond donors (Lipinski definition) is 1. The summed E-state index contributed by atoms with van der Waals surface area (Å²) in [5.74, 6) is 0.457. The van der Waals surface area contributed by atoms with Crippen molar-refractivity contribution in [1.82, 2.24) is 10.2 Å². The third-order valence-electron chi connectivity index (χ3n) is 5.35. The van der Waals surface area contributed by atoms with Gasteiger partial charge in [-0.05, 0) is 49.8 Å². The highest BCUT2D eigenvalue weighted by Crippen LogP contribution is 2.23. The van der Waals surface area contributed by atoms with E-state index in [1.165, 1.54) is 0 Å². The lowest BCUT2D eigenvalue weighted by Gasteiger charge is -2.34.